The first-order valence-corrected chi connectivity index (χ1v) is 8.78. The topological polar surface area (TPSA) is 101 Å². The highest BCUT2D eigenvalue weighted by Gasteiger charge is 2.32. The van der Waals surface area contributed by atoms with E-state index in [9.17, 15) is 18.3 Å². The number of carboxylic acids is 1. The van der Waals surface area contributed by atoms with Crippen molar-refractivity contribution < 1.29 is 28.2 Å². The van der Waals surface area contributed by atoms with Crippen molar-refractivity contribution >= 4 is 31.7 Å². The lowest BCUT2D eigenvalue weighted by atomic mass is 10.2. The molecule has 1 aromatic carbocycles. The van der Waals surface area contributed by atoms with Gasteiger partial charge in [0, 0.05) is 10.5 Å². The largest absolute Gasteiger partial charge is 0.507 e. The molecule has 2 bridgehead atoms. The molecule has 0 radical (unpaired) electrons. The van der Waals surface area contributed by atoms with Crippen LogP contribution >= 0.6 is 15.9 Å². The second-order valence-electron chi connectivity index (χ2n) is 4.51. The molecule has 2 heterocycles. The summed E-state index contributed by atoms with van der Waals surface area (Å²) >= 11 is 3.14. The van der Waals surface area contributed by atoms with E-state index in [4.69, 9.17) is 9.84 Å². The molecule has 2 aliphatic heterocycles. The zero-order valence-corrected chi connectivity index (χ0v) is 14.4. The Morgan fingerprint density at radius 3 is 2.35 bits per heavy atom. The third kappa shape index (κ3) is 3.48. The van der Waals surface area contributed by atoms with E-state index >= 15 is 0 Å². The summed E-state index contributed by atoms with van der Waals surface area (Å²) in [5.74, 6) is -0.969. The summed E-state index contributed by atoms with van der Waals surface area (Å²) in [6.07, 6.45) is 4.83. The van der Waals surface area contributed by atoms with Crippen molar-refractivity contribution in [1.29, 1.82) is 0 Å². The van der Waals surface area contributed by atoms with Crippen LogP contribution in [0.3, 0.4) is 0 Å². The molecule has 0 atom stereocenters. The number of benzene rings is 1. The summed E-state index contributed by atoms with van der Waals surface area (Å²) in [6.45, 7) is 2.29. The van der Waals surface area contributed by atoms with Gasteiger partial charge >= 0.3 is 5.97 Å². The minimum Gasteiger partial charge on any atom is -0.507 e. The maximum absolute atomic E-state index is 11.1. The highest BCUT2D eigenvalue weighted by atomic mass is 79.9. The van der Waals surface area contributed by atoms with Gasteiger partial charge < -0.3 is 14.9 Å². The highest BCUT2D eigenvalue weighted by Crippen LogP contribution is 2.39. The second kappa shape index (κ2) is 6.59. The smallest absolute Gasteiger partial charge is 0.339 e. The maximum atomic E-state index is 11.1. The van der Waals surface area contributed by atoms with Gasteiger partial charge in [-0.1, -0.05) is 0 Å². The predicted molar refractivity (Wildman–Crippen MR) is 88.3 cm³/mol. The SMILES string of the molecule is CCOc1ccc(C(=O)O)c(O)c1.O=S1(=O)C2=CC(Br)=C1C=C2. The van der Waals surface area contributed by atoms with Gasteiger partial charge in [0.2, 0.25) is 9.84 Å². The average molecular weight is 401 g/mol. The van der Waals surface area contributed by atoms with Crippen LogP contribution in [0.2, 0.25) is 0 Å². The predicted octanol–water partition coefficient (Wildman–Crippen LogP) is 2.96. The minimum atomic E-state index is -3.06. The normalized spacial score (nSPS) is 16.7. The highest BCUT2D eigenvalue weighted by molar-refractivity contribution is 9.12. The zero-order valence-electron chi connectivity index (χ0n) is 12.0. The standard InChI is InChI=1S/C9H10O4.C6H3BrO2S/c1-2-13-6-3-4-7(9(11)12)8(10)5-6;7-5-3-4-1-2-6(5)10(4,8)9/h3-5,10H,2H2,1H3,(H,11,12);1-3H. The number of allylic oxidation sites excluding steroid dienone is 4. The molecule has 0 saturated heterocycles. The molecular formula is C15H13BrO6S. The van der Waals surface area contributed by atoms with Crippen LogP contribution in [-0.4, -0.2) is 31.2 Å². The summed E-state index contributed by atoms with van der Waals surface area (Å²) in [4.78, 5) is 11.3. The van der Waals surface area contributed by atoms with Crippen LogP contribution in [0, 0.1) is 0 Å². The Balaban J connectivity index is 0.000000172. The van der Waals surface area contributed by atoms with E-state index in [1.807, 2.05) is 6.92 Å². The Bertz CT molecular complexity index is 849. The molecule has 2 N–H and O–H groups in total. The number of ether oxygens (including phenoxy) is 1. The van der Waals surface area contributed by atoms with Crippen LogP contribution < -0.4 is 4.74 Å². The van der Waals surface area contributed by atoms with Gasteiger partial charge in [0.15, 0.2) is 0 Å². The quantitative estimate of drug-likeness (QED) is 0.808. The van der Waals surface area contributed by atoms with Gasteiger partial charge in [-0.3, -0.25) is 0 Å². The minimum absolute atomic E-state index is 0.122. The molecule has 23 heavy (non-hydrogen) atoms. The molecule has 6 nitrogen and oxygen atoms in total. The van der Waals surface area contributed by atoms with Crippen LogP contribution in [0.4, 0.5) is 0 Å². The monoisotopic (exact) mass is 400 g/mol. The van der Waals surface area contributed by atoms with Crippen LogP contribution in [0.25, 0.3) is 0 Å². The number of carbonyl (C=O) groups is 1. The lowest BCUT2D eigenvalue weighted by molar-refractivity contribution is 0.0693. The average Bonchev–Trinajstić information content (AvgIpc) is 2.86. The molecule has 0 aromatic heterocycles. The van der Waals surface area contributed by atoms with E-state index in [-0.39, 0.29) is 11.3 Å². The van der Waals surface area contributed by atoms with E-state index in [2.05, 4.69) is 15.9 Å². The molecule has 0 spiro atoms. The number of aromatic carboxylic acids is 1. The van der Waals surface area contributed by atoms with Gasteiger partial charge in [-0.05, 0) is 53.2 Å². The number of fused-ring (bicyclic) bond motifs is 2. The number of rotatable bonds is 3. The number of aromatic hydroxyl groups is 1. The van der Waals surface area contributed by atoms with Gasteiger partial charge in [-0.15, -0.1) is 0 Å². The van der Waals surface area contributed by atoms with Gasteiger partial charge in [-0.2, -0.15) is 0 Å². The summed E-state index contributed by atoms with van der Waals surface area (Å²) in [5.41, 5.74) is -0.122. The molecule has 2 aliphatic rings. The van der Waals surface area contributed by atoms with E-state index in [1.54, 1.807) is 18.2 Å². The number of carboxylic acid groups (broad SMARTS) is 1. The van der Waals surface area contributed by atoms with Crippen molar-refractivity contribution in [1.82, 2.24) is 0 Å². The van der Waals surface area contributed by atoms with Crippen LogP contribution in [0.15, 0.2) is 50.7 Å². The Labute approximate surface area is 141 Å². The molecule has 8 heteroatoms. The first-order valence-electron chi connectivity index (χ1n) is 6.51. The Morgan fingerprint density at radius 2 is 2.00 bits per heavy atom. The maximum Gasteiger partial charge on any atom is 0.339 e. The lowest BCUT2D eigenvalue weighted by Crippen LogP contribution is -1.97. The first kappa shape index (κ1) is 17.3. The van der Waals surface area contributed by atoms with Crippen molar-refractivity contribution in [3.63, 3.8) is 0 Å². The molecular weight excluding hydrogens is 388 g/mol. The molecule has 0 unspecified atom stereocenters. The molecule has 0 fully saturated rings. The number of sulfone groups is 1. The van der Waals surface area contributed by atoms with Crippen molar-refractivity contribution in [3.05, 3.63) is 56.3 Å². The number of phenols is 1. The molecule has 1 aromatic rings. The van der Waals surface area contributed by atoms with Crippen molar-refractivity contribution in [2.75, 3.05) is 6.61 Å². The molecule has 3 rings (SSSR count). The molecule has 0 amide bonds. The fourth-order valence-corrected chi connectivity index (χ4v) is 4.45. The molecule has 0 aliphatic carbocycles. The van der Waals surface area contributed by atoms with E-state index in [1.165, 1.54) is 18.2 Å². The van der Waals surface area contributed by atoms with Gasteiger partial charge in [0.25, 0.3) is 0 Å². The van der Waals surface area contributed by atoms with Crippen LogP contribution in [0.5, 0.6) is 11.5 Å². The summed E-state index contributed by atoms with van der Waals surface area (Å²) in [6, 6.07) is 4.10. The Kier molecular flexibility index (Phi) is 4.96. The van der Waals surface area contributed by atoms with Crippen molar-refractivity contribution in [2.24, 2.45) is 0 Å². The van der Waals surface area contributed by atoms with Gasteiger partial charge in [-0.25, -0.2) is 13.2 Å². The number of hydrogen-bond donors (Lipinski definition) is 2. The van der Waals surface area contributed by atoms with Crippen molar-refractivity contribution in [3.8, 4) is 11.5 Å². The fraction of sp³-hybridized carbons (Fsp3) is 0.133. The Hall–Kier alpha value is -2.06. The Morgan fingerprint density at radius 1 is 1.30 bits per heavy atom. The first-order chi connectivity index (χ1) is 10.8. The third-order valence-electron chi connectivity index (χ3n) is 3.01. The fourth-order valence-electron chi connectivity index (χ4n) is 1.94. The summed E-state index contributed by atoms with van der Waals surface area (Å²) in [5, 5.41) is 17.8. The van der Waals surface area contributed by atoms with E-state index in [0.717, 1.165) is 0 Å². The van der Waals surface area contributed by atoms with E-state index < -0.39 is 15.8 Å². The molecule has 0 saturated carbocycles. The number of hydrogen-bond acceptors (Lipinski definition) is 5. The molecule has 122 valence electrons. The van der Waals surface area contributed by atoms with E-state index in [0.29, 0.717) is 26.6 Å². The van der Waals surface area contributed by atoms with Crippen LogP contribution in [0.1, 0.15) is 17.3 Å². The summed E-state index contributed by atoms with van der Waals surface area (Å²) in [7, 11) is -3.06. The number of halogens is 1. The summed E-state index contributed by atoms with van der Waals surface area (Å²) < 4.78 is 28.0. The van der Waals surface area contributed by atoms with Crippen molar-refractivity contribution in [2.45, 2.75) is 6.92 Å². The van der Waals surface area contributed by atoms with Gasteiger partial charge in [0.05, 0.1) is 16.4 Å². The second-order valence-corrected chi connectivity index (χ2v) is 7.29. The lowest BCUT2D eigenvalue weighted by Gasteiger charge is -2.04. The zero-order chi connectivity index (χ0) is 17.2. The van der Waals surface area contributed by atoms with Gasteiger partial charge in [0.1, 0.15) is 17.1 Å². The van der Waals surface area contributed by atoms with Crippen LogP contribution in [-0.2, 0) is 9.84 Å². The third-order valence-corrected chi connectivity index (χ3v) is 5.74.